The second-order valence-corrected chi connectivity index (χ2v) is 37.3. The molecule has 570 valence electrons. The number of hydrogen-bond acceptors (Lipinski definition) is 12. The minimum absolute atomic E-state index is 0.0170. The molecule has 8 N–H and O–H groups in total. The molecule has 98 heavy (non-hydrogen) atoms. The van der Waals surface area contributed by atoms with Gasteiger partial charge in [0.25, 0.3) is 0 Å². The van der Waals surface area contributed by atoms with Gasteiger partial charge in [0, 0.05) is 16.7 Å². The van der Waals surface area contributed by atoms with Gasteiger partial charge in [-0.25, -0.2) is 4.31 Å². The van der Waals surface area contributed by atoms with Crippen LogP contribution in [0, 0.1) is 5.41 Å². The molecule has 0 heterocycles. The van der Waals surface area contributed by atoms with Crippen LogP contribution in [0.4, 0.5) is 0 Å². The van der Waals surface area contributed by atoms with E-state index in [0.29, 0.717) is 12.8 Å². The van der Waals surface area contributed by atoms with E-state index in [-0.39, 0.29) is 52.3 Å². The van der Waals surface area contributed by atoms with Crippen molar-refractivity contribution in [2.75, 3.05) is 19.8 Å². The lowest BCUT2D eigenvalue weighted by molar-refractivity contribution is -0.162. The highest BCUT2D eigenvalue weighted by atomic mass is 31.2. The minimum atomic E-state index is -2.61. The summed E-state index contributed by atoms with van der Waals surface area (Å²) in [5, 5.41) is 42.0. The van der Waals surface area contributed by atoms with E-state index in [9.17, 15) is 20.4 Å². The first-order chi connectivity index (χ1) is 45.8. The maximum atomic E-state index is 11.7. The minimum Gasteiger partial charge on any atom is -0.408 e. The van der Waals surface area contributed by atoms with Crippen molar-refractivity contribution < 1.29 is 57.9 Å². The molecular formula is C83H151O12P3. The molecule has 3 rings (SSSR count). The molecule has 0 aliphatic rings. The Morgan fingerprint density at radius 3 is 0.663 bits per heavy atom. The monoisotopic (exact) mass is 1430 g/mol. The van der Waals surface area contributed by atoms with Gasteiger partial charge >= 0.3 is 25.8 Å². The summed E-state index contributed by atoms with van der Waals surface area (Å²) in [5.74, 6) is 2.37. The van der Waals surface area contributed by atoms with Gasteiger partial charge in [0.2, 0.25) is 0 Å². The molecule has 3 aromatic rings. The summed E-state index contributed by atoms with van der Waals surface area (Å²) in [6, 6.07) is 19.7. The van der Waals surface area contributed by atoms with E-state index < -0.39 is 36.8 Å². The van der Waals surface area contributed by atoms with Gasteiger partial charge < -0.3 is 53.6 Å². The number of aliphatic hydroxyl groups is 4. The summed E-state index contributed by atoms with van der Waals surface area (Å²) < 4.78 is 24.3. The molecule has 0 saturated heterocycles. The number of hydrogen-bond donors (Lipinski definition) is 8. The Bertz CT molecular complexity index is 2270. The first-order valence-corrected chi connectivity index (χ1v) is 42.1. The maximum absolute atomic E-state index is 11.7. The van der Waals surface area contributed by atoms with Gasteiger partial charge in [-0.2, -0.15) is 0 Å². The van der Waals surface area contributed by atoms with Crippen LogP contribution in [0.15, 0.2) is 54.6 Å². The molecule has 0 aliphatic carbocycles. The van der Waals surface area contributed by atoms with Crippen molar-refractivity contribution in [1.82, 2.24) is 0 Å². The molecule has 3 aromatic carbocycles. The predicted octanol–water partition coefficient (Wildman–Crippen LogP) is 24.6. The van der Waals surface area contributed by atoms with Crippen LogP contribution >= 0.6 is 25.8 Å². The van der Waals surface area contributed by atoms with Gasteiger partial charge in [0.15, 0.2) is 0 Å². The van der Waals surface area contributed by atoms with Crippen LogP contribution in [0.2, 0.25) is 0 Å². The number of unbranched alkanes of at least 4 members (excludes halogenated alkanes) is 30. The van der Waals surface area contributed by atoms with E-state index in [4.69, 9.17) is 33.1 Å². The Morgan fingerprint density at radius 2 is 0.500 bits per heavy atom. The molecule has 0 bridgehead atoms. The Balaban J connectivity index is 0.000000891. The quantitative estimate of drug-likeness (QED) is 0.0197. The Hall–Kier alpha value is -2.01. The molecule has 0 unspecified atom stereocenters. The second kappa shape index (κ2) is 48.2. The standard InChI is InChI=1S/C42H63O3P.C41H84O4.H4O5P2/c1-37(2,3)28-19-22-34(31(25-28)40(10,11)12)43-46(44-35-23-20-29(38(4,5)6)26-32(35)41(13,14)15)45-36-24-21-30(39(7,8)9)27-33(36)42(16,17)18;1-3-5-7-9-11-13-15-17-19-21-23-25-27-29-31-33-35-41(45,40(37-42,38-43)39-44)36-34-32-30-28-26-24-22-20-18-16-14-12-10-8-6-4-2;1-6(2)5-7(3)4/h19-27H,1-18H3;42-45H,3-39H2,1-2H3;1-4H. The third-order valence-electron chi connectivity index (χ3n) is 19.4. The normalized spacial score (nSPS) is 12.9. The highest BCUT2D eigenvalue weighted by molar-refractivity contribution is 7.53. The molecule has 0 aromatic heterocycles. The Labute approximate surface area is 605 Å². The molecule has 0 radical (unpaired) electrons. The zero-order valence-corrected chi connectivity index (χ0v) is 69.1. The third kappa shape index (κ3) is 38.7. The van der Waals surface area contributed by atoms with Crippen LogP contribution in [0.3, 0.4) is 0 Å². The van der Waals surface area contributed by atoms with Gasteiger partial charge in [-0.3, -0.25) is 0 Å². The van der Waals surface area contributed by atoms with Crippen molar-refractivity contribution in [3.05, 3.63) is 88.0 Å². The van der Waals surface area contributed by atoms with E-state index in [2.05, 4.69) is 197 Å². The molecular weight excluding hydrogens is 1280 g/mol. The molecule has 0 saturated carbocycles. The zero-order valence-electron chi connectivity index (χ0n) is 66.4. The van der Waals surface area contributed by atoms with E-state index >= 15 is 0 Å². The van der Waals surface area contributed by atoms with Crippen LogP contribution in [0.25, 0.3) is 0 Å². The largest absolute Gasteiger partial charge is 0.530 e. The highest BCUT2D eigenvalue weighted by Crippen LogP contribution is 2.51. The van der Waals surface area contributed by atoms with Crippen LogP contribution in [0.5, 0.6) is 17.2 Å². The van der Waals surface area contributed by atoms with Crippen LogP contribution in [0.1, 0.15) is 390 Å². The van der Waals surface area contributed by atoms with E-state index in [1.165, 1.54) is 196 Å². The van der Waals surface area contributed by atoms with Crippen LogP contribution in [-0.4, -0.2) is 65.4 Å². The van der Waals surface area contributed by atoms with Crippen molar-refractivity contribution in [1.29, 1.82) is 0 Å². The Kier molecular flexibility index (Phi) is 46.2. The molecule has 0 amide bonds. The average molecular weight is 1430 g/mol. The SMILES string of the molecule is CC(C)(C)c1ccc(OP(Oc2ccc(C(C)(C)C)cc2C(C)(C)C)Oc2ccc(C(C)(C)C)cc2C(C)(C)C)c(C(C)(C)C)c1.CCCCCCCCCCCCCCCCCCC(O)(CCCCCCCCCCCCCCCCCC)C(CO)(CO)CO.OP(O)OP(O)O. The van der Waals surface area contributed by atoms with E-state index in [1.54, 1.807) is 0 Å². The molecule has 0 spiro atoms. The van der Waals surface area contributed by atoms with Gasteiger partial charge in [0.1, 0.15) is 17.2 Å². The van der Waals surface area contributed by atoms with E-state index in [1.807, 2.05) is 0 Å². The summed E-state index contributed by atoms with van der Waals surface area (Å²) in [5.41, 5.74) is 4.41. The summed E-state index contributed by atoms with van der Waals surface area (Å²) in [4.78, 5) is 31.3. The highest BCUT2D eigenvalue weighted by Gasteiger charge is 2.48. The number of rotatable bonds is 46. The fourth-order valence-electron chi connectivity index (χ4n) is 12.5. The lowest BCUT2D eigenvalue weighted by Crippen LogP contribution is -2.55. The van der Waals surface area contributed by atoms with Gasteiger partial charge in [0.05, 0.1) is 30.8 Å². The van der Waals surface area contributed by atoms with Crippen LogP contribution in [-0.2, 0) is 36.8 Å². The number of benzene rings is 3. The fraction of sp³-hybridized carbons (Fsp3) is 0.783. The third-order valence-corrected chi connectivity index (χ3v) is 21.6. The average Bonchev–Trinajstić information content (AvgIpc) is 0.806. The summed E-state index contributed by atoms with van der Waals surface area (Å²) in [6.45, 7) is 43.8. The molecule has 0 aliphatic heterocycles. The summed E-state index contributed by atoms with van der Waals surface area (Å²) in [7, 11) is -7.12. The van der Waals surface area contributed by atoms with Gasteiger partial charge in [-0.05, 0) is 80.2 Å². The van der Waals surface area contributed by atoms with E-state index in [0.717, 1.165) is 59.6 Å². The lowest BCUT2D eigenvalue weighted by atomic mass is 9.68. The van der Waals surface area contributed by atoms with Crippen molar-refractivity contribution in [2.45, 2.75) is 395 Å². The van der Waals surface area contributed by atoms with Crippen LogP contribution < -0.4 is 13.6 Å². The second-order valence-electron chi connectivity index (χ2n) is 34.6. The first-order valence-electron chi connectivity index (χ1n) is 38.6. The smallest absolute Gasteiger partial charge is 0.408 e. The van der Waals surface area contributed by atoms with Crippen molar-refractivity contribution in [2.24, 2.45) is 5.41 Å². The number of aliphatic hydroxyl groups excluding tert-OH is 3. The van der Waals surface area contributed by atoms with Crippen molar-refractivity contribution in [3.8, 4) is 17.2 Å². The molecule has 0 fully saturated rings. The summed E-state index contributed by atoms with van der Waals surface area (Å²) in [6.07, 6.45) is 43.0. The Morgan fingerprint density at radius 1 is 0.296 bits per heavy atom. The lowest BCUT2D eigenvalue weighted by Gasteiger charge is -2.44. The van der Waals surface area contributed by atoms with Gasteiger partial charge in [-0.1, -0.05) is 380 Å². The predicted molar refractivity (Wildman–Crippen MR) is 421 cm³/mol. The summed E-state index contributed by atoms with van der Waals surface area (Å²) >= 11 is 0. The van der Waals surface area contributed by atoms with Crippen molar-refractivity contribution in [3.63, 3.8) is 0 Å². The zero-order chi connectivity index (χ0) is 74.3. The van der Waals surface area contributed by atoms with Crippen molar-refractivity contribution >= 4 is 25.8 Å². The topological polar surface area (TPSA) is 199 Å². The molecule has 12 nitrogen and oxygen atoms in total. The maximum Gasteiger partial charge on any atom is 0.530 e. The molecule has 0 atom stereocenters. The fourth-order valence-corrected chi connectivity index (χ4v) is 14.1. The van der Waals surface area contributed by atoms with Gasteiger partial charge in [-0.15, -0.1) is 0 Å². The first kappa shape index (κ1) is 94.0. The molecule has 15 heteroatoms.